The van der Waals surface area contributed by atoms with Crippen molar-refractivity contribution >= 4 is 35.6 Å². The van der Waals surface area contributed by atoms with Gasteiger partial charge in [0.05, 0.1) is 6.10 Å². The van der Waals surface area contributed by atoms with Crippen molar-refractivity contribution in [2.45, 2.75) is 69.3 Å². The van der Waals surface area contributed by atoms with Gasteiger partial charge in [0.2, 0.25) is 23.6 Å². The number of aliphatic carboxylic acids is 2. The van der Waals surface area contributed by atoms with E-state index in [9.17, 15) is 39.0 Å². The Kier molecular flexibility index (Phi) is 12.6. The van der Waals surface area contributed by atoms with Crippen molar-refractivity contribution in [1.29, 1.82) is 0 Å². The number of phenolic OH excluding ortho intramolecular Hbond substituents is 1. The van der Waals surface area contributed by atoms with Crippen LogP contribution in [0.4, 0.5) is 0 Å². The molecule has 0 heterocycles. The summed E-state index contributed by atoms with van der Waals surface area (Å²) in [6.07, 6.45) is -3.29. The molecule has 1 rings (SSSR count). The lowest BCUT2D eigenvalue weighted by Gasteiger charge is -2.25. The van der Waals surface area contributed by atoms with Crippen LogP contribution in [0.5, 0.6) is 5.75 Å². The molecule has 0 bridgehead atoms. The summed E-state index contributed by atoms with van der Waals surface area (Å²) in [4.78, 5) is 72.2. The van der Waals surface area contributed by atoms with Gasteiger partial charge in [-0.25, -0.2) is 0 Å². The second kappa shape index (κ2) is 15.1. The number of aliphatic hydroxyl groups excluding tert-OH is 1. The molecule has 1 aromatic rings. The van der Waals surface area contributed by atoms with Gasteiger partial charge in [-0.05, 0) is 37.5 Å². The van der Waals surface area contributed by atoms with Crippen LogP contribution in [0.15, 0.2) is 24.3 Å². The van der Waals surface area contributed by atoms with Crippen molar-refractivity contribution in [2.75, 3.05) is 0 Å². The number of carbonyl (C=O) groups excluding carboxylic acids is 4. The fraction of sp³-hybridized carbons (Fsp3) is 0.478. The summed E-state index contributed by atoms with van der Waals surface area (Å²) in [5.74, 6) is -6.44. The number of primary amides is 1. The number of nitrogens with one attached hydrogen (secondary N) is 3. The largest absolute Gasteiger partial charge is 0.508 e. The Balaban J connectivity index is 3.08. The Morgan fingerprint density at radius 1 is 0.789 bits per heavy atom. The average Bonchev–Trinajstić information content (AvgIpc) is 2.83. The monoisotopic (exact) mass is 539 g/mol. The number of nitrogens with two attached hydrogens (primary N) is 2. The van der Waals surface area contributed by atoms with Gasteiger partial charge in [0.1, 0.15) is 29.9 Å². The summed E-state index contributed by atoms with van der Waals surface area (Å²) in [7, 11) is 0. The Bertz CT molecular complexity index is 1010. The maximum atomic E-state index is 13.0. The van der Waals surface area contributed by atoms with E-state index in [0.29, 0.717) is 5.56 Å². The summed E-state index contributed by atoms with van der Waals surface area (Å²) in [5, 5.41) is 43.8. The summed E-state index contributed by atoms with van der Waals surface area (Å²) in [6.45, 7) is 1.23. The van der Waals surface area contributed by atoms with Crippen molar-refractivity contribution in [3.63, 3.8) is 0 Å². The van der Waals surface area contributed by atoms with E-state index in [1.54, 1.807) is 0 Å². The van der Waals surface area contributed by atoms with Gasteiger partial charge in [0.25, 0.3) is 0 Å². The summed E-state index contributed by atoms with van der Waals surface area (Å²) < 4.78 is 0. The fourth-order valence-electron chi connectivity index (χ4n) is 3.20. The number of aromatic hydroxyl groups is 1. The molecular weight excluding hydrogens is 506 g/mol. The molecule has 38 heavy (non-hydrogen) atoms. The molecule has 0 aliphatic rings. The van der Waals surface area contributed by atoms with Gasteiger partial charge in [0, 0.05) is 19.3 Å². The smallest absolute Gasteiger partial charge is 0.303 e. The normalized spacial score (nSPS) is 14.7. The number of benzene rings is 1. The summed E-state index contributed by atoms with van der Waals surface area (Å²) >= 11 is 0. The van der Waals surface area contributed by atoms with E-state index in [2.05, 4.69) is 16.0 Å². The minimum atomic E-state index is -1.50. The molecule has 0 spiro atoms. The van der Waals surface area contributed by atoms with Crippen molar-refractivity contribution in [2.24, 2.45) is 11.5 Å². The maximum Gasteiger partial charge on any atom is 0.303 e. The number of carbonyl (C=O) groups is 6. The maximum absolute atomic E-state index is 13.0. The van der Waals surface area contributed by atoms with Gasteiger partial charge in [0.15, 0.2) is 0 Å². The van der Waals surface area contributed by atoms with E-state index < -0.39 is 91.5 Å². The predicted octanol–water partition coefficient (Wildman–Crippen LogP) is -2.69. The first kappa shape index (κ1) is 31.8. The Morgan fingerprint density at radius 2 is 1.21 bits per heavy atom. The van der Waals surface area contributed by atoms with Crippen molar-refractivity contribution in [1.82, 2.24) is 16.0 Å². The van der Waals surface area contributed by atoms with Crippen LogP contribution in [0, 0.1) is 0 Å². The van der Waals surface area contributed by atoms with Crippen LogP contribution in [0.2, 0.25) is 0 Å². The van der Waals surface area contributed by atoms with Crippen LogP contribution >= 0.6 is 0 Å². The molecule has 0 unspecified atom stereocenters. The molecule has 1 aromatic carbocycles. The molecule has 15 heteroatoms. The predicted molar refractivity (Wildman–Crippen MR) is 130 cm³/mol. The molecule has 0 radical (unpaired) electrons. The second-order valence-corrected chi connectivity index (χ2v) is 8.59. The Morgan fingerprint density at radius 3 is 1.61 bits per heavy atom. The number of carboxylic acids is 2. The van der Waals surface area contributed by atoms with Gasteiger partial charge in [-0.15, -0.1) is 0 Å². The van der Waals surface area contributed by atoms with E-state index in [0.717, 1.165) is 0 Å². The summed E-state index contributed by atoms with van der Waals surface area (Å²) in [5.41, 5.74) is 11.5. The Labute approximate surface area is 217 Å². The zero-order chi connectivity index (χ0) is 29.0. The highest BCUT2D eigenvalue weighted by Gasteiger charge is 2.31. The highest BCUT2D eigenvalue weighted by atomic mass is 16.4. The molecule has 0 aliphatic heterocycles. The van der Waals surface area contributed by atoms with Crippen LogP contribution in [0.25, 0.3) is 0 Å². The number of rotatable bonds is 16. The molecule has 11 N–H and O–H groups in total. The highest BCUT2D eigenvalue weighted by molar-refractivity contribution is 5.95. The first-order valence-electron chi connectivity index (χ1n) is 11.6. The number of amides is 4. The third-order valence-electron chi connectivity index (χ3n) is 5.42. The summed E-state index contributed by atoms with van der Waals surface area (Å²) in [6, 6.07) is 0.0201. The van der Waals surface area contributed by atoms with Crippen LogP contribution in [0.1, 0.15) is 38.2 Å². The van der Waals surface area contributed by atoms with Crippen LogP contribution < -0.4 is 27.4 Å². The van der Waals surface area contributed by atoms with E-state index in [1.807, 2.05) is 0 Å². The van der Waals surface area contributed by atoms with Gasteiger partial charge in [-0.1, -0.05) is 12.1 Å². The van der Waals surface area contributed by atoms with E-state index in [-0.39, 0.29) is 12.2 Å². The number of aliphatic hydroxyl groups is 1. The molecule has 5 atom stereocenters. The van der Waals surface area contributed by atoms with Crippen molar-refractivity contribution < 1.29 is 49.2 Å². The fourth-order valence-corrected chi connectivity index (χ4v) is 3.20. The van der Waals surface area contributed by atoms with Gasteiger partial charge < -0.3 is 47.8 Å². The number of carboxylic acid groups (broad SMARTS) is 2. The topological polar surface area (TPSA) is 271 Å². The lowest BCUT2D eigenvalue weighted by Crippen LogP contribution is -2.58. The standard InChI is InChI=1S/C23H33N5O10/c1-11(29)19(24)23(38)27-15(7-9-18(33)34)21(36)26-14(6-8-17(31)32)22(37)28-16(20(25)35)10-12-2-4-13(30)5-3-12/h2-5,11,14-16,19,29-30H,6-10,24H2,1H3,(H2,25,35)(H,26,36)(H,27,38)(H,28,37)(H,31,32)(H,33,34)/t11-,14+,15+,16+,19+/m1/s1. The molecule has 0 aliphatic carbocycles. The minimum Gasteiger partial charge on any atom is -0.508 e. The third-order valence-corrected chi connectivity index (χ3v) is 5.42. The van der Waals surface area contributed by atoms with Gasteiger partial charge in [-0.3, -0.25) is 28.8 Å². The van der Waals surface area contributed by atoms with Gasteiger partial charge >= 0.3 is 11.9 Å². The van der Waals surface area contributed by atoms with E-state index >= 15 is 0 Å². The molecule has 4 amide bonds. The SMILES string of the molecule is C[C@@H](O)[C@H](N)C(=O)N[C@@H](CCC(=O)O)C(=O)N[C@@H](CCC(=O)O)C(=O)N[C@@H](Cc1ccc(O)cc1)C(N)=O. The third kappa shape index (κ3) is 11.2. The second-order valence-electron chi connectivity index (χ2n) is 8.59. The van der Waals surface area contributed by atoms with Crippen LogP contribution in [-0.4, -0.2) is 86.3 Å². The Hall–Kier alpha value is -4.24. The van der Waals surface area contributed by atoms with Crippen molar-refractivity contribution in [3.8, 4) is 5.75 Å². The molecule has 210 valence electrons. The average molecular weight is 540 g/mol. The lowest BCUT2D eigenvalue weighted by molar-refractivity contribution is -0.140. The zero-order valence-electron chi connectivity index (χ0n) is 20.6. The molecular formula is C23H33N5O10. The first-order chi connectivity index (χ1) is 17.7. The van der Waals surface area contributed by atoms with E-state index in [1.165, 1.54) is 31.2 Å². The molecule has 0 aromatic heterocycles. The molecule has 0 fully saturated rings. The molecule has 0 saturated carbocycles. The minimum absolute atomic E-state index is 0.0243. The lowest BCUT2D eigenvalue weighted by atomic mass is 10.0. The van der Waals surface area contributed by atoms with Crippen LogP contribution in [-0.2, 0) is 35.2 Å². The van der Waals surface area contributed by atoms with E-state index in [4.69, 9.17) is 21.7 Å². The van der Waals surface area contributed by atoms with Crippen molar-refractivity contribution in [3.05, 3.63) is 29.8 Å². The van der Waals surface area contributed by atoms with Gasteiger partial charge in [-0.2, -0.15) is 0 Å². The zero-order valence-corrected chi connectivity index (χ0v) is 20.6. The number of hydrogen-bond donors (Lipinski definition) is 9. The quantitative estimate of drug-likeness (QED) is 0.104. The molecule has 0 saturated heterocycles. The molecule has 15 nitrogen and oxygen atoms in total. The number of hydrogen-bond acceptors (Lipinski definition) is 9. The first-order valence-corrected chi connectivity index (χ1v) is 11.6. The highest BCUT2D eigenvalue weighted by Crippen LogP contribution is 2.12. The van der Waals surface area contributed by atoms with Crippen LogP contribution in [0.3, 0.4) is 0 Å². The number of phenols is 1.